The van der Waals surface area contributed by atoms with Gasteiger partial charge in [-0.15, -0.1) is 0 Å². The van der Waals surface area contributed by atoms with Crippen molar-refractivity contribution in [3.63, 3.8) is 0 Å². The van der Waals surface area contributed by atoms with Gasteiger partial charge in [0.25, 0.3) is 0 Å². The van der Waals surface area contributed by atoms with E-state index >= 15 is 0 Å². The predicted molar refractivity (Wildman–Crippen MR) is 71.8 cm³/mol. The van der Waals surface area contributed by atoms with Gasteiger partial charge in [-0.1, -0.05) is 0 Å². The van der Waals surface area contributed by atoms with E-state index in [9.17, 15) is 0 Å². The molecule has 0 rings (SSSR count). The van der Waals surface area contributed by atoms with Gasteiger partial charge in [0.2, 0.25) is 0 Å². The number of hydrogen-bond acceptors (Lipinski definition) is 3. The minimum atomic E-state index is 0.462. The first-order valence-electron chi connectivity index (χ1n) is 5.83. The minimum Gasteiger partial charge on any atom is -0.388 e. The van der Waals surface area contributed by atoms with Crippen molar-refractivity contribution in [1.82, 2.24) is 16.0 Å². The van der Waals surface area contributed by atoms with Crippen molar-refractivity contribution in [3.05, 3.63) is 11.1 Å². The van der Waals surface area contributed by atoms with Crippen LogP contribution in [-0.2, 0) is 0 Å². The van der Waals surface area contributed by atoms with Gasteiger partial charge in [0, 0.05) is 23.4 Å². The van der Waals surface area contributed by atoms with E-state index in [0.29, 0.717) is 18.1 Å². The first kappa shape index (κ1) is 14.4. The van der Waals surface area contributed by atoms with Crippen LogP contribution in [0.1, 0.15) is 41.5 Å². The van der Waals surface area contributed by atoms with Crippen molar-refractivity contribution in [2.45, 2.75) is 59.7 Å². The summed E-state index contributed by atoms with van der Waals surface area (Å²) in [4.78, 5) is 0. The fourth-order valence-corrected chi connectivity index (χ4v) is 2.21. The van der Waals surface area contributed by atoms with E-state index in [1.807, 2.05) is 0 Å². The van der Waals surface area contributed by atoms with E-state index in [-0.39, 0.29) is 0 Å². The lowest BCUT2D eigenvalue weighted by Gasteiger charge is -2.23. The second kappa shape index (κ2) is 6.77. The van der Waals surface area contributed by atoms with Gasteiger partial charge in [-0.3, -0.25) is 0 Å². The average Bonchev–Trinajstić information content (AvgIpc) is 1.99. The third kappa shape index (κ3) is 7.30. The molecule has 0 aliphatic rings. The summed E-state index contributed by atoms with van der Waals surface area (Å²) in [7, 11) is 1.02. The third-order valence-corrected chi connectivity index (χ3v) is 2.53. The van der Waals surface area contributed by atoms with E-state index in [2.05, 4.69) is 57.5 Å². The van der Waals surface area contributed by atoms with Gasteiger partial charge in [0.15, 0.2) is 0 Å². The molecule has 4 heteroatoms. The summed E-state index contributed by atoms with van der Waals surface area (Å²) in [6, 6.07) is 1.42. The molecular weight excluding hydrogens is 202 g/mol. The molecule has 0 radical (unpaired) electrons. The first-order chi connectivity index (χ1) is 6.82. The zero-order chi connectivity index (χ0) is 12.0. The molecule has 0 aromatic heterocycles. The zero-order valence-corrected chi connectivity index (χ0v) is 13.2. The van der Waals surface area contributed by atoms with Crippen LogP contribution in [0.4, 0.5) is 0 Å². The Hall–Kier alpha value is -0.643. The van der Waals surface area contributed by atoms with Crippen LogP contribution < -0.4 is 16.0 Å². The van der Waals surface area contributed by atoms with Gasteiger partial charge in [-0.05, 0) is 41.5 Å². The van der Waals surface area contributed by atoms with Crippen LogP contribution in [-0.4, -0.2) is 28.4 Å². The van der Waals surface area contributed by atoms with E-state index in [0.717, 1.165) is 10.2 Å². The number of nitrogens with one attached hydrogen (secondary N) is 3. The Morgan fingerprint density at radius 3 is 1.33 bits per heavy atom. The van der Waals surface area contributed by atoms with Gasteiger partial charge in [0.05, 0.1) is 10.2 Å². The smallest absolute Gasteiger partial charge is 0.113 e. The summed E-state index contributed by atoms with van der Waals surface area (Å²) in [6.07, 6.45) is 0. The molecule has 0 heterocycles. The van der Waals surface area contributed by atoms with Crippen molar-refractivity contribution in [1.29, 1.82) is 0 Å². The normalized spacial score (nSPS) is 11.0. The molecule has 3 N–H and O–H groups in total. The van der Waals surface area contributed by atoms with Crippen molar-refractivity contribution < 1.29 is 0 Å². The second-order valence-electron chi connectivity index (χ2n) is 4.90. The molecule has 0 amide bonds. The molecule has 0 bridgehead atoms. The maximum Gasteiger partial charge on any atom is 0.113 e. The molecule has 0 aromatic carbocycles. The summed E-state index contributed by atoms with van der Waals surface area (Å²) in [5, 5.41) is 11.7. The quantitative estimate of drug-likeness (QED) is 0.580. The standard InChI is InChI=1S/C11H27N3Si/c1-7(2)12-10(13-8(3)4)11(15)14-9(5)6/h7-9,12-14H,1-6,15H3. The maximum absolute atomic E-state index is 3.47. The van der Waals surface area contributed by atoms with Crippen molar-refractivity contribution >= 4 is 10.2 Å². The number of hydrogen-bond donors (Lipinski definition) is 3. The average molecular weight is 229 g/mol. The summed E-state index contributed by atoms with van der Waals surface area (Å²) in [5.41, 5.74) is 0. The van der Waals surface area contributed by atoms with Gasteiger partial charge in [-0.25, -0.2) is 0 Å². The Kier molecular flexibility index (Phi) is 6.48. The fourth-order valence-electron chi connectivity index (χ4n) is 1.34. The molecule has 0 spiro atoms. The summed E-state index contributed by atoms with van der Waals surface area (Å²) in [5.74, 6) is 1.17. The highest BCUT2D eigenvalue weighted by Crippen LogP contribution is 1.96. The zero-order valence-electron chi connectivity index (χ0n) is 11.2. The highest BCUT2D eigenvalue weighted by Gasteiger charge is 2.06. The molecule has 0 aliphatic heterocycles. The van der Waals surface area contributed by atoms with E-state index < -0.39 is 0 Å². The maximum atomic E-state index is 3.47. The lowest BCUT2D eigenvalue weighted by molar-refractivity contribution is 0.549. The first-order valence-corrected chi connectivity index (χ1v) is 6.83. The molecule has 0 saturated carbocycles. The summed E-state index contributed by atoms with van der Waals surface area (Å²) >= 11 is 0. The Bertz CT molecular complexity index is 198. The second-order valence-corrected chi connectivity index (χ2v) is 5.90. The SMILES string of the molecule is CC(C)NC([SiH3])=C(NC(C)C)NC(C)C. The Labute approximate surface area is 97.5 Å². The van der Waals surface area contributed by atoms with E-state index in [4.69, 9.17) is 0 Å². The molecule has 0 aromatic rings. The molecule has 0 unspecified atom stereocenters. The summed E-state index contributed by atoms with van der Waals surface area (Å²) < 4.78 is 0. The van der Waals surface area contributed by atoms with Crippen molar-refractivity contribution in [2.24, 2.45) is 0 Å². The minimum absolute atomic E-state index is 0.462. The number of rotatable bonds is 6. The van der Waals surface area contributed by atoms with Crippen LogP contribution in [0, 0.1) is 0 Å². The highest BCUT2D eigenvalue weighted by molar-refractivity contribution is 6.21. The van der Waals surface area contributed by atoms with Crippen LogP contribution in [0.5, 0.6) is 0 Å². The van der Waals surface area contributed by atoms with Crippen LogP contribution in [0.3, 0.4) is 0 Å². The molecule has 0 fully saturated rings. The topological polar surface area (TPSA) is 36.1 Å². The van der Waals surface area contributed by atoms with Gasteiger partial charge >= 0.3 is 0 Å². The highest BCUT2D eigenvalue weighted by atomic mass is 28.1. The molecular formula is C11H27N3Si. The van der Waals surface area contributed by atoms with Gasteiger partial charge in [0.1, 0.15) is 5.82 Å². The third-order valence-electron chi connectivity index (χ3n) is 1.75. The largest absolute Gasteiger partial charge is 0.388 e. The molecule has 0 saturated heterocycles. The lowest BCUT2D eigenvalue weighted by Crippen LogP contribution is -2.39. The van der Waals surface area contributed by atoms with Crippen LogP contribution in [0.2, 0.25) is 0 Å². The van der Waals surface area contributed by atoms with Crippen LogP contribution >= 0.6 is 0 Å². The molecule has 90 valence electrons. The molecule has 3 nitrogen and oxygen atoms in total. The molecule has 15 heavy (non-hydrogen) atoms. The van der Waals surface area contributed by atoms with Crippen LogP contribution in [0.25, 0.3) is 0 Å². The molecule has 0 aliphatic carbocycles. The Morgan fingerprint density at radius 2 is 1.07 bits per heavy atom. The molecule has 0 atom stereocenters. The Morgan fingerprint density at radius 1 is 0.733 bits per heavy atom. The fraction of sp³-hybridized carbons (Fsp3) is 0.818. The van der Waals surface area contributed by atoms with Crippen molar-refractivity contribution in [3.8, 4) is 0 Å². The van der Waals surface area contributed by atoms with Gasteiger partial charge < -0.3 is 16.0 Å². The van der Waals surface area contributed by atoms with Crippen molar-refractivity contribution in [2.75, 3.05) is 0 Å². The Balaban J connectivity index is 4.56. The van der Waals surface area contributed by atoms with E-state index in [1.165, 1.54) is 11.1 Å². The summed E-state index contributed by atoms with van der Waals surface area (Å²) in [6.45, 7) is 13.0. The van der Waals surface area contributed by atoms with Gasteiger partial charge in [-0.2, -0.15) is 0 Å². The van der Waals surface area contributed by atoms with Crippen LogP contribution in [0.15, 0.2) is 11.1 Å². The van der Waals surface area contributed by atoms with E-state index in [1.54, 1.807) is 0 Å². The lowest BCUT2D eigenvalue weighted by atomic mass is 10.3. The monoisotopic (exact) mass is 229 g/mol. The predicted octanol–water partition coefficient (Wildman–Crippen LogP) is 0.472.